The standard InChI is InChI=1S/C26H27N5O2/c1-18(32)30-16-14-19-7-4-5-8-22(19)23(30)17-25(33)27-21-12-10-20(11-13-21)26-29-28-24-9-3-2-6-15-31(24)26/h4-5,7-8,10-14,16,23H,2-3,6,9,15,17H2,1H3,(H,27,33)/t23-/m0/s1. The van der Waals surface area contributed by atoms with Crippen LogP contribution in [0.1, 0.15) is 55.6 Å². The van der Waals surface area contributed by atoms with Crippen LogP contribution in [0.3, 0.4) is 0 Å². The van der Waals surface area contributed by atoms with Crippen LogP contribution in [0.5, 0.6) is 0 Å². The Kier molecular flexibility index (Phi) is 5.77. The molecule has 2 amide bonds. The molecule has 1 N–H and O–H groups in total. The summed E-state index contributed by atoms with van der Waals surface area (Å²) in [6, 6.07) is 15.3. The van der Waals surface area contributed by atoms with Gasteiger partial charge in [-0.15, -0.1) is 10.2 Å². The average Bonchev–Trinajstić information content (AvgIpc) is 3.07. The number of carbonyl (C=O) groups is 2. The zero-order valence-electron chi connectivity index (χ0n) is 18.7. The number of nitrogens with zero attached hydrogens (tertiary/aromatic N) is 4. The van der Waals surface area contributed by atoms with Gasteiger partial charge in [-0.3, -0.25) is 9.59 Å². The molecule has 5 rings (SSSR count). The number of fused-ring (bicyclic) bond motifs is 2. The van der Waals surface area contributed by atoms with Crippen molar-refractivity contribution in [2.75, 3.05) is 5.32 Å². The lowest BCUT2D eigenvalue weighted by Crippen LogP contribution is -2.33. The van der Waals surface area contributed by atoms with Gasteiger partial charge in [0.05, 0.1) is 12.5 Å². The first-order valence-corrected chi connectivity index (χ1v) is 11.5. The normalized spacial score (nSPS) is 17.1. The molecular weight excluding hydrogens is 414 g/mol. The summed E-state index contributed by atoms with van der Waals surface area (Å²) >= 11 is 0. The highest BCUT2D eigenvalue weighted by atomic mass is 16.2. The summed E-state index contributed by atoms with van der Waals surface area (Å²) in [7, 11) is 0. The van der Waals surface area contributed by atoms with Gasteiger partial charge in [0.1, 0.15) is 5.82 Å². The van der Waals surface area contributed by atoms with Gasteiger partial charge in [0.2, 0.25) is 11.8 Å². The molecular formula is C26H27N5O2. The van der Waals surface area contributed by atoms with Gasteiger partial charge >= 0.3 is 0 Å². The van der Waals surface area contributed by atoms with Crippen LogP contribution in [-0.4, -0.2) is 31.5 Å². The largest absolute Gasteiger partial charge is 0.326 e. The lowest BCUT2D eigenvalue weighted by molar-refractivity contribution is -0.129. The predicted octanol–water partition coefficient (Wildman–Crippen LogP) is 4.57. The first kappa shape index (κ1) is 21.1. The summed E-state index contributed by atoms with van der Waals surface area (Å²) in [5, 5.41) is 11.8. The number of hydrogen-bond donors (Lipinski definition) is 1. The highest BCUT2D eigenvalue weighted by Crippen LogP contribution is 2.33. The molecule has 0 saturated heterocycles. The minimum atomic E-state index is -0.325. The highest BCUT2D eigenvalue weighted by molar-refractivity contribution is 5.92. The molecule has 33 heavy (non-hydrogen) atoms. The zero-order chi connectivity index (χ0) is 22.8. The molecule has 2 aliphatic rings. The Morgan fingerprint density at radius 3 is 2.67 bits per heavy atom. The van der Waals surface area contributed by atoms with E-state index in [0.717, 1.165) is 54.1 Å². The molecule has 2 aliphatic heterocycles. The van der Waals surface area contributed by atoms with Gasteiger partial charge in [0.15, 0.2) is 5.82 Å². The molecule has 1 aromatic heterocycles. The third-order valence-corrected chi connectivity index (χ3v) is 6.38. The second-order valence-corrected chi connectivity index (χ2v) is 8.62. The van der Waals surface area contributed by atoms with Crippen molar-refractivity contribution in [3.05, 3.63) is 71.7 Å². The maximum absolute atomic E-state index is 12.9. The number of aryl methyl sites for hydroxylation is 1. The molecule has 1 atom stereocenters. The summed E-state index contributed by atoms with van der Waals surface area (Å²) in [4.78, 5) is 26.7. The van der Waals surface area contributed by atoms with Gasteiger partial charge in [-0.25, -0.2) is 0 Å². The molecule has 0 aliphatic carbocycles. The zero-order valence-corrected chi connectivity index (χ0v) is 18.7. The van der Waals surface area contributed by atoms with Crippen molar-refractivity contribution in [2.24, 2.45) is 0 Å². The number of carbonyl (C=O) groups excluding carboxylic acids is 2. The quantitative estimate of drug-likeness (QED) is 0.643. The molecule has 0 saturated carbocycles. The van der Waals surface area contributed by atoms with Gasteiger partial charge in [0.25, 0.3) is 0 Å². The SMILES string of the molecule is CC(=O)N1C=Cc2ccccc2[C@@H]1CC(=O)Nc1ccc(-c2nnc3n2CCCCC3)cc1. The lowest BCUT2D eigenvalue weighted by Gasteiger charge is -2.32. The van der Waals surface area contributed by atoms with E-state index in [-0.39, 0.29) is 24.3 Å². The van der Waals surface area contributed by atoms with Crippen LogP contribution in [0, 0.1) is 0 Å². The minimum Gasteiger partial charge on any atom is -0.326 e. The van der Waals surface area contributed by atoms with Crippen molar-refractivity contribution in [3.63, 3.8) is 0 Å². The summed E-state index contributed by atoms with van der Waals surface area (Å²) in [6.45, 7) is 2.47. The number of rotatable bonds is 4. The van der Waals surface area contributed by atoms with E-state index < -0.39 is 0 Å². The van der Waals surface area contributed by atoms with Crippen LogP contribution in [-0.2, 0) is 22.6 Å². The molecule has 7 heteroatoms. The van der Waals surface area contributed by atoms with Crippen LogP contribution >= 0.6 is 0 Å². The van der Waals surface area contributed by atoms with Crippen LogP contribution in [0.2, 0.25) is 0 Å². The minimum absolute atomic E-state index is 0.0876. The molecule has 3 aromatic rings. The number of hydrogen-bond acceptors (Lipinski definition) is 4. The Morgan fingerprint density at radius 2 is 1.85 bits per heavy atom. The fourth-order valence-electron chi connectivity index (χ4n) is 4.70. The first-order valence-electron chi connectivity index (χ1n) is 11.5. The van der Waals surface area contributed by atoms with E-state index in [1.54, 1.807) is 11.1 Å². The molecule has 7 nitrogen and oxygen atoms in total. The molecule has 0 spiro atoms. The molecule has 0 fully saturated rings. The number of amides is 2. The van der Waals surface area contributed by atoms with E-state index in [2.05, 4.69) is 20.1 Å². The van der Waals surface area contributed by atoms with Gasteiger partial charge < -0.3 is 14.8 Å². The van der Waals surface area contributed by atoms with Crippen LogP contribution in [0.4, 0.5) is 5.69 Å². The Hall–Kier alpha value is -3.74. The summed E-state index contributed by atoms with van der Waals surface area (Å²) in [6.07, 6.45) is 8.34. The van der Waals surface area contributed by atoms with E-state index in [9.17, 15) is 9.59 Å². The second-order valence-electron chi connectivity index (χ2n) is 8.62. The molecule has 0 unspecified atom stereocenters. The van der Waals surface area contributed by atoms with Crippen LogP contribution in [0.25, 0.3) is 17.5 Å². The van der Waals surface area contributed by atoms with Crippen molar-refractivity contribution in [1.29, 1.82) is 0 Å². The monoisotopic (exact) mass is 441 g/mol. The van der Waals surface area contributed by atoms with Crippen molar-refractivity contribution in [2.45, 2.75) is 51.6 Å². The van der Waals surface area contributed by atoms with E-state index >= 15 is 0 Å². The van der Waals surface area contributed by atoms with Gasteiger partial charge in [-0.2, -0.15) is 0 Å². The fourth-order valence-corrected chi connectivity index (χ4v) is 4.70. The van der Waals surface area contributed by atoms with Crippen molar-refractivity contribution >= 4 is 23.6 Å². The predicted molar refractivity (Wildman–Crippen MR) is 127 cm³/mol. The number of anilines is 1. The van der Waals surface area contributed by atoms with E-state index in [1.165, 1.54) is 13.3 Å². The molecule has 0 bridgehead atoms. The molecule has 3 heterocycles. The average molecular weight is 442 g/mol. The fraction of sp³-hybridized carbons (Fsp3) is 0.308. The highest BCUT2D eigenvalue weighted by Gasteiger charge is 2.28. The third-order valence-electron chi connectivity index (χ3n) is 6.38. The van der Waals surface area contributed by atoms with Crippen LogP contribution < -0.4 is 5.32 Å². The summed E-state index contributed by atoms with van der Waals surface area (Å²) in [5.74, 6) is 1.71. The number of nitrogens with one attached hydrogen (secondary N) is 1. The van der Waals surface area contributed by atoms with Crippen LogP contribution in [0.15, 0.2) is 54.7 Å². The Labute approximate surface area is 193 Å². The smallest absolute Gasteiger partial charge is 0.226 e. The van der Waals surface area contributed by atoms with Crippen molar-refractivity contribution in [3.8, 4) is 11.4 Å². The van der Waals surface area contributed by atoms with Crippen molar-refractivity contribution < 1.29 is 9.59 Å². The second kappa shape index (κ2) is 9.02. The van der Waals surface area contributed by atoms with Gasteiger partial charge in [-0.05, 0) is 54.3 Å². The first-order chi connectivity index (χ1) is 16.1. The van der Waals surface area contributed by atoms with Gasteiger partial charge in [0, 0.05) is 37.3 Å². The Balaban J connectivity index is 1.30. The molecule has 2 aromatic carbocycles. The van der Waals surface area contributed by atoms with E-state index in [0.29, 0.717) is 5.69 Å². The Bertz CT molecular complexity index is 1210. The third kappa shape index (κ3) is 4.31. The maximum Gasteiger partial charge on any atom is 0.226 e. The lowest BCUT2D eigenvalue weighted by atomic mass is 9.93. The molecule has 0 radical (unpaired) electrons. The topological polar surface area (TPSA) is 80.1 Å². The van der Waals surface area contributed by atoms with E-state index in [1.807, 2.05) is 54.6 Å². The molecule has 168 valence electrons. The van der Waals surface area contributed by atoms with Crippen molar-refractivity contribution in [1.82, 2.24) is 19.7 Å². The maximum atomic E-state index is 12.9. The summed E-state index contributed by atoms with van der Waals surface area (Å²) in [5.41, 5.74) is 3.72. The number of benzene rings is 2. The Morgan fingerprint density at radius 1 is 1.03 bits per heavy atom. The number of aromatic nitrogens is 3. The van der Waals surface area contributed by atoms with Gasteiger partial charge in [-0.1, -0.05) is 30.7 Å². The van der Waals surface area contributed by atoms with E-state index in [4.69, 9.17) is 0 Å². The summed E-state index contributed by atoms with van der Waals surface area (Å²) < 4.78 is 2.21.